The maximum Gasteiger partial charge on any atom is 0.296 e. The molecular formula is C32H36N6O3S2. The number of pyridine rings is 1. The Kier molecular flexibility index (Phi) is 9.31. The highest BCUT2D eigenvalue weighted by molar-refractivity contribution is 8.27. The van der Waals surface area contributed by atoms with Crippen LogP contribution in [0.25, 0.3) is 17.4 Å². The smallest absolute Gasteiger partial charge is 0.296 e. The van der Waals surface area contributed by atoms with Gasteiger partial charge in [-0.05, 0) is 50.1 Å². The number of aromatic nitrogens is 4. The molecule has 0 radical (unpaired) electrons. The van der Waals surface area contributed by atoms with Crippen LogP contribution < -0.4 is 21.3 Å². The van der Waals surface area contributed by atoms with Crippen LogP contribution in [0.2, 0.25) is 0 Å². The number of nitrogens with zero attached hydrogens (tertiary/aromatic N) is 5. The Morgan fingerprint density at radius 2 is 1.67 bits per heavy atom. The molecule has 4 heterocycles. The molecule has 1 fully saturated rings. The van der Waals surface area contributed by atoms with E-state index >= 15 is 0 Å². The Morgan fingerprint density at radius 1 is 0.953 bits per heavy atom. The van der Waals surface area contributed by atoms with E-state index in [-0.39, 0.29) is 31.6 Å². The van der Waals surface area contributed by atoms with Crippen molar-refractivity contribution < 1.29 is 4.79 Å². The van der Waals surface area contributed by atoms with Crippen LogP contribution in [-0.2, 0) is 11.8 Å². The summed E-state index contributed by atoms with van der Waals surface area (Å²) in [6, 6.07) is 13.0. The summed E-state index contributed by atoms with van der Waals surface area (Å²) in [7, 11) is 1.77. The first kappa shape index (κ1) is 30.5. The van der Waals surface area contributed by atoms with Gasteiger partial charge in [0.15, 0.2) is 4.32 Å². The molecule has 1 aliphatic rings. The van der Waals surface area contributed by atoms with E-state index in [9.17, 15) is 14.4 Å². The highest BCUT2D eigenvalue weighted by Crippen LogP contribution is 2.36. The normalized spacial score (nSPS) is 14.4. The summed E-state index contributed by atoms with van der Waals surface area (Å²) in [6.45, 7) is 6.55. The summed E-state index contributed by atoms with van der Waals surface area (Å²) in [4.78, 5) is 47.6. The zero-order valence-corrected chi connectivity index (χ0v) is 26.6. The first-order valence-electron chi connectivity index (χ1n) is 14.6. The molecule has 43 heavy (non-hydrogen) atoms. The lowest BCUT2D eigenvalue weighted by Gasteiger charge is -2.13. The van der Waals surface area contributed by atoms with Crippen molar-refractivity contribution in [1.82, 2.24) is 18.7 Å². The third-order valence-corrected chi connectivity index (χ3v) is 8.95. The topological polar surface area (TPSA) is 93.6 Å². The van der Waals surface area contributed by atoms with Gasteiger partial charge in [0.2, 0.25) is 0 Å². The zero-order chi connectivity index (χ0) is 30.7. The quantitative estimate of drug-likeness (QED) is 0.126. The highest BCUT2D eigenvalue weighted by atomic mass is 32.2. The van der Waals surface area contributed by atoms with E-state index in [1.54, 1.807) is 30.9 Å². The molecular weight excluding hydrogens is 581 g/mol. The number of fused-ring (bicyclic) bond motifs is 1. The maximum atomic E-state index is 13.9. The van der Waals surface area contributed by atoms with E-state index in [0.29, 0.717) is 29.4 Å². The van der Waals surface area contributed by atoms with Crippen LogP contribution in [0, 0.1) is 13.8 Å². The number of hydrogen-bond acceptors (Lipinski definition) is 7. The molecule has 0 saturated carbocycles. The Balaban J connectivity index is 1.50. The van der Waals surface area contributed by atoms with Crippen molar-refractivity contribution >= 4 is 57.4 Å². The van der Waals surface area contributed by atoms with Gasteiger partial charge < -0.3 is 5.32 Å². The minimum Gasteiger partial charge on any atom is -0.369 e. The van der Waals surface area contributed by atoms with Crippen LogP contribution in [-0.4, -0.2) is 35.5 Å². The largest absolute Gasteiger partial charge is 0.369 e. The van der Waals surface area contributed by atoms with Crippen LogP contribution in [0.4, 0.5) is 11.5 Å². The van der Waals surface area contributed by atoms with Crippen molar-refractivity contribution in [3.8, 4) is 5.69 Å². The molecule has 0 spiro atoms. The van der Waals surface area contributed by atoms with Gasteiger partial charge in [0.05, 0.1) is 21.8 Å². The monoisotopic (exact) mass is 616 g/mol. The summed E-state index contributed by atoms with van der Waals surface area (Å²) in [5.41, 5.74) is 2.54. The SMILES string of the molecule is CCCCCCCCNc1nc2ccc(C)cn2c(=O)c1/C=C1/SC(=S)N(c2c(C)n(C)n(-c3ccccc3)c2=O)C1=O. The Labute approximate surface area is 260 Å². The molecule has 1 aliphatic heterocycles. The zero-order valence-electron chi connectivity index (χ0n) is 24.9. The number of hydrogen-bond donors (Lipinski definition) is 1. The van der Waals surface area contributed by atoms with Crippen molar-refractivity contribution in [3.05, 3.63) is 91.1 Å². The lowest BCUT2D eigenvalue weighted by Crippen LogP contribution is -2.33. The molecule has 0 aliphatic carbocycles. The van der Waals surface area contributed by atoms with E-state index in [0.717, 1.165) is 30.2 Å². The molecule has 0 atom stereocenters. The van der Waals surface area contributed by atoms with Gasteiger partial charge in [0, 0.05) is 19.8 Å². The number of amides is 1. The number of rotatable bonds is 11. The summed E-state index contributed by atoms with van der Waals surface area (Å²) < 4.78 is 4.95. The van der Waals surface area contributed by atoms with Crippen LogP contribution in [0.15, 0.2) is 63.2 Å². The number of benzene rings is 1. The first-order chi connectivity index (χ1) is 20.7. The number of unbranched alkanes of at least 4 members (excludes halogenated alkanes) is 5. The average molecular weight is 617 g/mol. The minimum atomic E-state index is -0.448. The van der Waals surface area contributed by atoms with Gasteiger partial charge in [-0.25, -0.2) is 9.67 Å². The molecule has 1 amide bonds. The maximum absolute atomic E-state index is 13.9. The molecule has 0 unspecified atom stereocenters. The van der Waals surface area contributed by atoms with Crippen LogP contribution in [0.5, 0.6) is 0 Å². The van der Waals surface area contributed by atoms with E-state index in [1.165, 1.54) is 39.7 Å². The molecule has 9 nitrogen and oxygen atoms in total. The fraction of sp³-hybridized carbons (Fsp3) is 0.344. The predicted octanol–water partition coefficient (Wildman–Crippen LogP) is 5.98. The summed E-state index contributed by atoms with van der Waals surface area (Å²) in [5.74, 6) is -0.0216. The molecule has 4 aromatic rings. The van der Waals surface area contributed by atoms with Crippen LogP contribution >= 0.6 is 24.0 Å². The predicted molar refractivity (Wildman–Crippen MR) is 179 cm³/mol. The molecule has 1 N–H and O–H groups in total. The van der Waals surface area contributed by atoms with Crippen molar-refractivity contribution in [1.29, 1.82) is 0 Å². The Bertz CT molecular complexity index is 1840. The number of carbonyl (C=O) groups excluding carboxylic acids is 1. The van der Waals surface area contributed by atoms with E-state index < -0.39 is 5.91 Å². The van der Waals surface area contributed by atoms with Crippen molar-refractivity contribution in [3.63, 3.8) is 0 Å². The molecule has 5 rings (SSSR count). The molecule has 1 aromatic carbocycles. The third-order valence-electron chi connectivity index (χ3n) is 7.64. The van der Waals surface area contributed by atoms with Crippen molar-refractivity contribution in [2.24, 2.45) is 7.05 Å². The average Bonchev–Trinajstić information content (AvgIpc) is 3.39. The summed E-state index contributed by atoms with van der Waals surface area (Å²) in [5, 5.41) is 3.35. The molecule has 224 valence electrons. The summed E-state index contributed by atoms with van der Waals surface area (Å²) >= 11 is 6.70. The minimum absolute atomic E-state index is 0.197. The molecule has 0 bridgehead atoms. The van der Waals surface area contributed by atoms with Crippen LogP contribution in [0.1, 0.15) is 62.3 Å². The van der Waals surface area contributed by atoms with Crippen LogP contribution in [0.3, 0.4) is 0 Å². The second-order valence-electron chi connectivity index (χ2n) is 10.7. The molecule has 1 saturated heterocycles. The lowest BCUT2D eigenvalue weighted by atomic mass is 10.1. The first-order valence-corrected chi connectivity index (χ1v) is 15.8. The lowest BCUT2D eigenvalue weighted by molar-refractivity contribution is -0.113. The summed E-state index contributed by atoms with van der Waals surface area (Å²) in [6.07, 6.45) is 10.2. The molecule has 3 aromatic heterocycles. The third kappa shape index (κ3) is 6.09. The van der Waals surface area contributed by atoms with Gasteiger partial charge in [-0.2, -0.15) is 0 Å². The number of anilines is 2. The fourth-order valence-corrected chi connectivity index (χ4v) is 6.49. The van der Waals surface area contributed by atoms with Gasteiger partial charge in [0.25, 0.3) is 17.0 Å². The standard InChI is InChI=1S/C32H36N6O3S2/c1-5-6-7-8-9-13-18-33-28-24(29(39)36-20-21(2)16-17-26(36)34-28)19-25-30(40)37(32(42)43-25)27-22(3)35(4)38(31(27)41)23-14-11-10-12-15-23/h10-12,14-17,19-20,33H,5-9,13,18H2,1-4H3/b25-19+. The second-order valence-corrected chi connectivity index (χ2v) is 12.4. The number of aryl methyl sites for hydroxylation is 1. The molecule has 11 heteroatoms. The van der Waals surface area contributed by atoms with E-state index in [2.05, 4.69) is 12.2 Å². The number of thiocarbonyl (C=S) groups is 1. The highest BCUT2D eigenvalue weighted by Gasteiger charge is 2.38. The van der Waals surface area contributed by atoms with Gasteiger partial charge in [-0.15, -0.1) is 0 Å². The fourth-order valence-electron chi connectivity index (χ4n) is 5.24. The van der Waals surface area contributed by atoms with Gasteiger partial charge in [-0.3, -0.25) is 28.4 Å². The number of thioether (sulfide) groups is 1. The van der Waals surface area contributed by atoms with Gasteiger partial charge in [-0.1, -0.05) is 87.3 Å². The van der Waals surface area contributed by atoms with E-state index in [4.69, 9.17) is 17.2 Å². The number of nitrogens with one attached hydrogen (secondary N) is 1. The Morgan fingerprint density at radius 3 is 2.42 bits per heavy atom. The van der Waals surface area contributed by atoms with Gasteiger partial charge >= 0.3 is 0 Å². The second kappa shape index (κ2) is 13.1. The number of para-hydroxylation sites is 1. The van der Waals surface area contributed by atoms with E-state index in [1.807, 2.05) is 49.4 Å². The Hall–Kier alpha value is -3.96. The number of carbonyl (C=O) groups is 1. The van der Waals surface area contributed by atoms with Crippen molar-refractivity contribution in [2.45, 2.75) is 59.3 Å². The van der Waals surface area contributed by atoms with Crippen molar-refractivity contribution in [2.75, 3.05) is 16.8 Å². The van der Waals surface area contributed by atoms with Gasteiger partial charge in [0.1, 0.15) is 17.2 Å².